The van der Waals surface area contributed by atoms with Crippen molar-refractivity contribution in [2.45, 2.75) is 19.4 Å². The molecule has 0 saturated heterocycles. The molecule has 0 saturated carbocycles. The Morgan fingerprint density at radius 3 is 2.45 bits per heavy atom. The Bertz CT molecular complexity index is 683. The summed E-state index contributed by atoms with van der Waals surface area (Å²) >= 11 is 2.19. The van der Waals surface area contributed by atoms with Crippen molar-refractivity contribution in [1.29, 1.82) is 0 Å². The molecule has 0 bridgehead atoms. The van der Waals surface area contributed by atoms with Gasteiger partial charge in [0.25, 0.3) is 5.91 Å². The van der Waals surface area contributed by atoms with Crippen molar-refractivity contribution in [3.05, 3.63) is 68.8 Å². The van der Waals surface area contributed by atoms with E-state index in [4.69, 9.17) is 0 Å². The minimum atomic E-state index is -1.04. The van der Waals surface area contributed by atoms with E-state index in [0.29, 0.717) is 5.56 Å². The standard InChI is InChI=1S/C17H16INO3/c1-11-3-2-4-13(9-11)16(20)19-15(17(21)22)10-12-5-7-14(18)8-6-12/h2-9,15H,10H2,1H3,(H,19,20)(H,21,22)/t15-/m0/s1. The first-order valence-corrected chi connectivity index (χ1v) is 7.88. The Kier molecular flexibility index (Phi) is 5.54. The van der Waals surface area contributed by atoms with Crippen molar-refractivity contribution < 1.29 is 14.7 Å². The van der Waals surface area contributed by atoms with Crippen LogP contribution in [0.1, 0.15) is 21.5 Å². The molecule has 2 aromatic carbocycles. The van der Waals surface area contributed by atoms with Gasteiger partial charge in [-0.2, -0.15) is 0 Å². The average Bonchev–Trinajstić information content (AvgIpc) is 2.48. The number of halogens is 1. The van der Waals surface area contributed by atoms with Crippen LogP contribution in [-0.4, -0.2) is 23.0 Å². The molecule has 114 valence electrons. The van der Waals surface area contributed by atoms with E-state index >= 15 is 0 Å². The summed E-state index contributed by atoms with van der Waals surface area (Å²) in [5, 5.41) is 11.9. The monoisotopic (exact) mass is 409 g/mol. The lowest BCUT2D eigenvalue weighted by molar-refractivity contribution is -0.139. The van der Waals surface area contributed by atoms with E-state index in [1.54, 1.807) is 18.2 Å². The van der Waals surface area contributed by atoms with Crippen LogP contribution in [0.25, 0.3) is 0 Å². The second kappa shape index (κ2) is 7.40. The van der Waals surface area contributed by atoms with Crippen molar-refractivity contribution in [2.75, 3.05) is 0 Å². The van der Waals surface area contributed by atoms with Gasteiger partial charge in [-0.1, -0.05) is 29.8 Å². The maximum atomic E-state index is 12.2. The van der Waals surface area contributed by atoms with Crippen LogP contribution in [0, 0.1) is 10.5 Å². The van der Waals surface area contributed by atoms with Crippen LogP contribution in [0.3, 0.4) is 0 Å². The zero-order valence-corrected chi connectivity index (χ0v) is 14.2. The second-order valence-corrected chi connectivity index (χ2v) is 6.31. The summed E-state index contributed by atoms with van der Waals surface area (Å²) in [7, 11) is 0. The molecule has 0 radical (unpaired) electrons. The van der Waals surface area contributed by atoms with Gasteiger partial charge >= 0.3 is 5.97 Å². The maximum absolute atomic E-state index is 12.2. The average molecular weight is 409 g/mol. The molecule has 0 aromatic heterocycles. The summed E-state index contributed by atoms with van der Waals surface area (Å²) in [5.41, 5.74) is 2.29. The third kappa shape index (κ3) is 4.56. The molecule has 2 aromatic rings. The molecule has 0 aliphatic carbocycles. The maximum Gasteiger partial charge on any atom is 0.326 e. The summed E-state index contributed by atoms with van der Waals surface area (Å²) < 4.78 is 1.08. The topological polar surface area (TPSA) is 66.4 Å². The highest BCUT2D eigenvalue weighted by atomic mass is 127. The van der Waals surface area contributed by atoms with Crippen molar-refractivity contribution in [3.63, 3.8) is 0 Å². The van der Waals surface area contributed by atoms with Gasteiger partial charge in [0, 0.05) is 15.6 Å². The predicted octanol–water partition coefficient (Wildman–Crippen LogP) is 3.03. The number of hydrogen-bond donors (Lipinski definition) is 2. The van der Waals surface area contributed by atoms with Gasteiger partial charge < -0.3 is 10.4 Å². The van der Waals surface area contributed by atoms with E-state index in [0.717, 1.165) is 14.7 Å². The molecule has 5 heteroatoms. The van der Waals surface area contributed by atoms with Gasteiger partial charge in [-0.3, -0.25) is 4.79 Å². The minimum Gasteiger partial charge on any atom is -0.480 e. The predicted molar refractivity (Wildman–Crippen MR) is 92.9 cm³/mol. The van der Waals surface area contributed by atoms with Gasteiger partial charge in [0.15, 0.2) is 0 Å². The van der Waals surface area contributed by atoms with E-state index in [1.807, 2.05) is 37.3 Å². The van der Waals surface area contributed by atoms with Crippen LogP contribution >= 0.6 is 22.6 Å². The van der Waals surface area contributed by atoms with Crippen molar-refractivity contribution in [1.82, 2.24) is 5.32 Å². The quantitative estimate of drug-likeness (QED) is 0.747. The fourth-order valence-corrected chi connectivity index (χ4v) is 2.44. The lowest BCUT2D eigenvalue weighted by Crippen LogP contribution is -2.42. The van der Waals surface area contributed by atoms with E-state index in [1.165, 1.54) is 0 Å². The van der Waals surface area contributed by atoms with Gasteiger partial charge in [-0.25, -0.2) is 4.79 Å². The van der Waals surface area contributed by atoms with Crippen LogP contribution in [0.5, 0.6) is 0 Å². The summed E-state index contributed by atoms with van der Waals surface area (Å²) in [6.07, 6.45) is 0.254. The lowest BCUT2D eigenvalue weighted by Gasteiger charge is -2.15. The zero-order chi connectivity index (χ0) is 16.1. The number of carbonyl (C=O) groups is 2. The number of carboxylic acids is 1. The number of carbonyl (C=O) groups excluding carboxylic acids is 1. The minimum absolute atomic E-state index is 0.254. The Balaban J connectivity index is 2.10. The number of carboxylic acid groups (broad SMARTS) is 1. The Morgan fingerprint density at radius 1 is 1.18 bits per heavy atom. The van der Waals surface area contributed by atoms with E-state index in [2.05, 4.69) is 27.9 Å². The van der Waals surface area contributed by atoms with Crippen LogP contribution in [0.15, 0.2) is 48.5 Å². The normalized spacial score (nSPS) is 11.7. The number of benzene rings is 2. The third-order valence-electron chi connectivity index (χ3n) is 3.24. The molecule has 2 N–H and O–H groups in total. The third-order valence-corrected chi connectivity index (χ3v) is 3.96. The molecule has 4 nitrogen and oxygen atoms in total. The fourth-order valence-electron chi connectivity index (χ4n) is 2.08. The summed E-state index contributed by atoms with van der Waals surface area (Å²) in [4.78, 5) is 23.6. The molecule has 1 atom stereocenters. The van der Waals surface area contributed by atoms with Gasteiger partial charge in [0.05, 0.1) is 0 Å². The van der Waals surface area contributed by atoms with Gasteiger partial charge in [-0.05, 0) is 59.3 Å². The Morgan fingerprint density at radius 2 is 1.86 bits per heavy atom. The zero-order valence-electron chi connectivity index (χ0n) is 12.0. The van der Waals surface area contributed by atoms with Gasteiger partial charge in [-0.15, -0.1) is 0 Å². The summed E-state index contributed by atoms with van der Waals surface area (Å²) in [6, 6.07) is 13.7. The van der Waals surface area contributed by atoms with Gasteiger partial charge in [0.1, 0.15) is 6.04 Å². The SMILES string of the molecule is Cc1cccc(C(=O)N[C@@H](Cc2ccc(I)cc2)C(=O)O)c1. The Hall–Kier alpha value is -1.89. The van der Waals surface area contributed by atoms with Crippen LogP contribution in [-0.2, 0) is 11.2 Å². The molecule has 0 heterocycles. The Labute approximate surface area is 142 Å². The number of hydrogen-bond acceptors (Lipinski definition) is 2. The molecule has 0 unspecified atom stereocenters. The number of aliphatic carboxylic acids is 1. The highest BCUT2D eigenvalue weighted by molar-refractivity contribution is 14.1. The van der Waals surface area contributed by atoms with E-state index < -0.39 is 12.0 Å². The highest BCUT2D eigenvalue weighted by Crippen LogP contribution is 2.10. The van der Waals surface area contributed by atoms with Crippen LogP contribution in [0.4, 0.5) is 0 Å². The first-order chi connectivity index (χ1) is 10.5. The molecule has 22 heavy (non-hydrogen) atoms. The van der Waals surface area contributed by atoms with E-state index in [-0.39, 0.29) is 12.3 Å². The van der Waals surface area contributed by atoms with E-state index in [9.17, 15) is 14.7 Å². The van der Waals surface area contributed by atoms with Crippen LogP contribution < -0.4 is 5.32 Å². The van der Waals surface area contributed by atoms with Gasteiger partial charge in [0.2, 0.25) is 0 Å². The summed E-state index contributed by atoms with van der Waals surface area (Å²) in [6.45, 7) is 1.89. The molecule has 1 amide bonds. The van der Waals surface area contributed by atoms with Crippen molar-refractivity contribution in [3.8, 4) is 0 Å². The fraction of sp³-hybridized carbons (Fsp3) is 0.176. The number of amides is 1. The largest absolute Gasteiger partial charge is 0.480 e. The van der Waals surface area contributed by atoms with Crippen LogP contribution in [0.2, 0.25) is 0 Å². The highest BCUT2D eigenvalue weighted by Gasteiger charge is 2.21. The molecule has 0 aliphatic heterocycles. The molecule has 2 rings (SSSR count). The molecular formula is C17H16INO3. The molecule has 0 spiro atoms. The number of aryl methyl sites for hydroxylation is 1. The molecule has 0 fully saturated rings. The molecular weight excluding hydrogens is 393 g/mol. The number of rotatable bonds is 5. The second-order valence-electron chi connectivity index (χ2n) is 5.06. The first-order valence-electron chi connectivity index (χ1n) is 6.80. The lowest BCUT2D eigenvalue weighted by atomic mass is 10.1. The molecule has 0 aliphatic rings. The van der Waals surface area contributed by atoms with Crippen molar-refractivity contribution in [2.24, 2.45) is 0 Å². The smallest absolute Gasteiger partial charge is 0.326 e. The van der Waals surface area contributed by atoms with Crippen molar-refractivity contribution >= 4 is 34.5 Å². The number of nitrogens with one attached hydrogen (secondary N) is 1. The first kappa shape index (κ1) is 16.5. The summed E-state index contributed by atoms with van der Waals surface area (Å²) in [5.74, 6) is -1.42.